The minimum Gasteiger partial charge on any atom is -0.493 e. The fourth-order valence-electron chi connectivity index (χ4n) is 3.83. The molecular formula is C20H19NO4. The number of amides is 1. The molecule has 0 saturated carbocycles. The van der Waals surface area contributed by atoms with Crippen LogP contribution in [-0.2, 0) is 9.59 Å². The number of carboxylic acids is 1. The molecule has 0 fully saturated rings. The predicted octanol–water partition coefficient (Wildman–Crippen LogP) is 3.16. The molecule has 2 heterocycles. The van der Waals surface area contributed by atoms with Crippen molar-refractivity contribution in [3.63, 3.8) is 0 Å². The zero-order chi connectivity index (χ0) is 17.4. The van der Waals surface area contributed by atoms with Crippen molar-refractivity contribution in [2.24, 2.45) is 0 Å². The number of hydrogen-bond donors (Lipinski definition) is 1. The van der Waals surface area contributed by atoms with Gasteiger partial charge in [0.1, 0.15) is 5.75 Å². The average Bonchev–Trinajstić information content (AvgIpc) is 2.66. The molecule has 128 valence electrons. The zero-order valence-electron chi connectivity index (χ0n) is 13.7. The first-order valence-electron chi connectivity index (χ1n) is 8.51. The maximum atomic E-state index is 13.3. The van der Waals surface area contributed by atoms with Crippen molar-refractivity contribution < 1.29 is 19.4 Å². The van der Waals surface area contributed by atoms with Crippen molar-refractivity contribution in [1.82, 2.24) is 0 Å². The lowest BCUT2D eigenvalue weighted by Gasteiger charge is -2.36. The molecule has 4 rings (SSSR count). The van der Waals surface area contributed by atoms with Crippen LogP contribution in [0.25, 0.3) is 0 Å². The van der Waals surface area contributed by atoms with Gasteiger partial charge in [-0.1, -0.05) is 36.4 Å². The fraction of sp³-hybridized carbons (Fsp3) is 0.300. The second-order valence-corrected chi connectivity index (χ2v) is 6.46. The SMILES string of the molecule is O=C(O)C1CCN(C(=O)C2CCOc3ccccc32)c2ccccc21. The molecule has 5 nitrogen and oxygen atoms in total. The molecule has 0 saturated heterocycles. The number of benzene rings is 2. The number of ether oxygens (including phenoxy) is 1. The van der Waals surface area contributed by atoms with Crippen molar-refractivity contribution >= 4 is 17.6 Å². The van der Waals surface area contributed by atoms with Gasteiger partial charge in [-0.25, -0.2) is 0 Å². The topological polar surface area (TPSA) is 66.8 Å². The molecule has 0 spiro atoms. The van der Waals surface area contributed by atoms with Gasteiger partial charge < -0.3 is 14.7 Å². The molecule has 0 aliphatic carbocycles. The number of hydrogen-bond acceptors (Lipinski definition) is 3. The summed E-state index contributed by atoms with van der Waals surface area (Å²) < 4.78 is 5.66. The van der Waals surface area contributed by atoms with E-state index >= 15 is 0 Å². The van der Waals surface area contributed by atoms with E-state index in [1.807, 2.05) is 48.5 Å². The zero-order valence-corrected chi connectivity index (χ0v) is 13.7. The average molecular weight is 337 g/mol. The van der Waals surface area contributed by atoms with Crippen molar-refractivity contribution in [1.29, 1.82) is 0 Å². The Hall–Kier alpha value is -2.82. The van der Waals surface area contributed by atoms with Gasteiger partial charge >= 0.3 is 5.97 Å². The van der Waals surface area contributed by atoms with Crippen LogP contribution in [0.3, 0.4) is 0 Å². The van der Waals surface area contributed by atoms with Crippen LogP contribution in [0.2, 0.25) is 0 Å². The van der Waals surface area contributed by atoms with E-state index in [1.165, 1.54) is 0 Å². The van der Waals surface area contributed by atoms with Crippen LogP contribution in [0.5, 0.6) is 5.75 Å². The number of rotatable bonds is 2. The Morgan fingerprint density at radius 2 is 1.68 bits per heavy atom. The molecule has 2 unspecified atom stereocenters. The van der Waals surface area contributed by atoms with Crippen molar-refractivity contribution in [2.75, 3.05) is 18.1 Å². The van der Waals surface area contributed by atoms with Crippen molar-refractivity contribution in [3.05, 3.63) is 59.7 Å². The van der Waals surface area contributed by atoms with Gasteiger partial charge in [0, 0.05) is 17.8 Å². The molecular weight excluding hydrogens is 318 g/mol. The van der Waals surface area contributed by atoms with E-state index < -0.39 is 11.9 Å². The van der Waals surface area contributed by atoms with Crippen LogP contribution >= 0.6 is 0 Å². The van der Waals surface area contributed by atoms with Gasteiger partial charge in [0.2, 0.25) is 5.91 Å². The van der Waals surface area contributed by atoms with Crippen molar-refractivity contribution in [3.8, 4) is 5.75 Å². The normalized spacial score (nSPS) is 21.7. The number of para-hydroxylation sites is 2. The Kier molecular flexibility index (Phi) is 3.92. The van der Waals surface area contributed by atoms with Crippen LogP contribution in [0.1, 0.15) is 35.8 Å². The third kappa shape index (κ3) is 2.65. The van der Waals surface area contributed by atoms with E-state index in [0.717, 1.165) is 22.6 Å². The molecule has 0 aromatic heterocycles. The van der Waals surface area contributed by atoms with E-state index in [1.54, 1.807) is 4.90 Å². The number of carbonyl (C=O) groups excluding carboxylic acids is 1. The third-order valence-corrected chi connectivity index (χ3v) is 5.07. The number of nitrogens with zero attached hydrogens (tertiary/aromatic N) is 1. The number of carbonyl (C=O) groups is 2. The van der Waals surface area contributed by atoms with Gasteiger partial charge in [-0.05, 0) is 30.5 Å². The van der Waals surface area contributed by atoms with Gasteiger partial charge in [0.05, 0.1) is 18.4 Å². The van der Waals surface area contributed by atoms with E-state index in [4.69, 9.17) is 4.74 Å². The Balaban J connectivity index is 1.70. The quantitative estimate of drug-likeness (QED) is 0.914. The third-order valence-electron chi connectivity index (χ3n) is 5.07. The smallest absolute Gasteiger partial charge is 0.311 e. The standard InChI is InChI=1S/C20H19NO4/c22-19(15-10-12-25-18-8-4-2-6-14(15)18)21-11-9-16(20(23)24)13-5-1-3-7-17(13)21/h1-8,15-16H,9-12H2,(H,23,24). The molecule has 1 N–H and O–H groups in total. The van der Waals surface area contributed by atoms with Gasteiger partial charge in [-0.2, -0.15) is 0 Å². The van der Waals surface area contributed by atoms with Gasteiger partial charge in [-0.3, -0.25) is 9.59 Å². The summed E-state index contributed by atoms with van der Waals surface area (Å²) in [6.45, 7) is 0.937. The molecule has 2 aliphatic heterocycles. The summed E-state index contributed by atoms with van der Waals surface area (Å²) in [5.74, 6) is -0.856. The minimum absolute atomic E-state index is 0.0204. The van der Waals surface area contributed by atoms with Gasteiger partial charge in [0.25, 0.3) is 0 Å². The second-order valence-electron chi connectivity index (χ2n) is 6.46. The molecule has 5 heteroatoms. The summed E-state index contributed by atoms with van der Waals surface area (Å²) >= 11 is 0. The number of fused-ring (bicyclic) bond motifs is 2. The molecule has 2 aromatic rings. The summed E-state index contributed by atoms with van der Waals surface area (Å²) in [5, 5.41) is 9.47. The lowest BCUT2D eigenvalue weighted by atomic mass is 9.87. The van der Waals surface area contributed by atoms with Crippen LogP contribution in [0.4, 0.5) is 5.69 Å². The highest BCUT2D eigenvalue weighted by molar-refractivity contribution is 6.00. The summed E-state index contributed by atoms with van der Waals surface area (Å²) in [7, 11) is 0. The number of anilines is 1. The Morgan fingerprint density at radius 3 is 2.48 bits per heavy atom. The summed E-state index contributed by atoms with van der Waals surface area (Å²) in [6, 6.07) is 15.0. The van der Waals surface area contributed by atoms with E-state index in [-0.39, 0.29) is 11.8 Å². The summed E-state index contributed by atoms with van der Waals surface area (Å²) in [4.78, 5) is 26.6. The van der Waals surface area contributed by atoms with Gasteiger partial charge in [0.15, 0.2) is 0 Å². The molecule has 0 radical (unpaired) electrons. The lowest BCUT2D eigenvalue weighted by Crippen LogP contribution is -2.41. The first kappa shape index (κ1) is 15.7. The van der Waals surface area contributed by atoms with Crippen LogP contribution in [-0.4, -0.2) is 30.1 Å². The molecule has 2 atom stereocenters. The minimum atomic E-state index is -0.837. The highest BCUT2D eigenvalue weighted by Gasteiger charge is 2.37. The first-order chi connectivity index (χ1) is 12.2. The Labute approximate surface area is 145 Å². The molecule has 2 aromatic carbocycles. The predicted molar refractivity (Wildman–Crippen MR) is 93.1 cm³/mol. The van der Waals surface area contributed by atoms with Crippen LogP contribution in [0, 0.1) is 0 Å². The monoisotopic (exact) mass is 337 g/mol. The Bertz CT molecular complexity index is 832. The highest BCUT2D eigenvalue weighted by Crippen LogP contribution is 2.40. The maximum absolute atomic E-state index is 13.3. The second kappa shape index (κ2) is 6.24. The Morgan fingerprint density at radius 1 is 0.960 bits per heavy atom. The molecule has 1 amide bonds. The number of aliphatic carboxylic acids is 1. The fourth-order valence-corrected chi connectivity index (χ4v) is 3.83. The van der Waals surface area contributed by atoms with E-state index in [9.17, 15) is 14.7 Å². The van der Waals surface area contributed by atoms with E-state index in [0.29, 0.717) is 26.0 Å². The summed E-state index contributed by atoms with van der Waals surface area (Å²) in [6.07, 6.45) is 1.07. The largest absolute Gasteiger partial charge is 0.493 e. The molecule has 2 aliphatic rings. The molecule has 0 bridgehead atoms. The van der Waals surface area contributed by atoms with Crippen LogP contribution in [0.15, 0.2) is 48.5 Å². The lowest BCUT2D eigenvalue weighted by molar-refractivity contribution is -0.139. The maximum Gasteiger partial charge on any atom is 0.311 e. The number of carboxylic acid groups (broad SMARTS) is 1. The highest BCUT2D eigenvalue weighted by atomic mass is 16.5. The van der Waals surface area contributed by atoms with Crippen LogP contribution < -0.4 is 9.64 Å². The summed E-state index contributed by atoms with van der Waals surface area (Å²) in [5.41, 5.74) is 2.35. The van der Waals surface area contributed by atoms with Gasteiger partial charge in [-0.15, -0.1) is 0 Å². The first-order valence-corrected chi connectivity index (χ1v) is 8.51. The molecule has 25 heavy (non-hydrogen) atoms. The van der Waals surface area contributed by atoms with Crippen molar-refractivity contribution in [2.45, 2.75) is 24.7 Å². The van der Waals surface area contributed by atoms with E-state index in [2.05, 4.69) is 0 Å².